The van der Waals surface area contributed by atoms with E-state index in [-0.39, 0.29) is 24.2 Å². The predicted octanol–water partition coefficient (Wildman–Crippen LogP) is 1.43. The highest BCUT2D eigenvalue weighted by Gasteiger charge is 2.34. The third-order valence-corrected chi connectivity index (χ3v) is 3.08. The Morgan fingerprint density at radius 1 is 1.61 bits per heavy atom. The van der Waals surface area contributed by atoms with Gasteiger partial charge in [0.2, 0.25) is 5.91 Å². The minimum atomic E-state index is -0.555. The molecule has 94 valence electrons. The van der Waals surface area contributed by atoms with Gasteiger partial charge in [0.25, 0.3) is 0 Å². The summed E-state index contributed by atoms with van der Waals surface area (Å²) in [7, 11) is 0. The molecule has 2 atom stereocenters. The van der Waals surface area contributed by atoms with Crippen molar-refractivity contribution in [2.45, 2.75) is 25.4 Å². The average Bonchev–Trinajstić information content (AvgIpc) is 2.34. The molecule has 1 aromatic carbocycles. The molecule has 0 radical (unpaired) electrons. The van der Waals surface area contributed by atoms with Crippen LogP contribution < -0.4 is 10.2 Å². The number of carbonyl (C=O) groups excluding carboxylic acids is 1. The zero-order valence-electron chi connectivity index (χ0n) is 10.1. The third-order valence-electron chi connectivity index (χ3n) is 3.08. The minimum absolute atomic E-state index is 0.0304. The quantitative estimate of drug-likeness (QED) is 0.860. The molecule has 18 heavy (non-hydrogen) atoms. The van der Waals surface area contributed by atoms with Crippen LogP contribution in [0.5, 0.6) is 0 Å². The number of anilines is 1. The van der Waals surface area contributed by atoms with Crippen LogP contribution in [0.2, 0.25) is 0 Å². The molecule has 0 bridgehead atoms. The Morgan fingerprint density at radius 3 is 3.06 bits per heavy atom. The van der Waals surface area contributed by atoms with E-state index in [9.17, 15) is 9.18 Å². The molecule has 1 heterocycles. The molecule has 0 aromatic heterocycles. The Bertz CT molecular complexity index is 497. The Morgan fingerprint density at radius 2 is 2.39 bits per heavy atom. The first kappa shape index (κ1) is 12.4. The van der Waals surface area contributed by atoms with E-state index in [1.54, 1.807) is 12.1 Å². The lowest BCUT2D eigenvalue weighted by molar-refractivity contribution is -0.123. The van der Waals surface area contributed by atoms with Crippen LogP contribution in [-0.2, 0) is 4.79 Å². The summed E-state index contributed by atoms with van der Waals surface area (Å²) in [6.45, 7) is 2.44. The fourth-order valence-corrected chi connectivity index (χ4v) is 2.25. The number of hydrogen-bond donors (Lipinski definition) is 1. The van der Waals surface area contributed by atoms with E-state index in [1.165, 1.54) is 12.1 Å². The Labute approximate surface area is 105 Å². The van der Waals surface area contributed by atoms with Crippen LogP contribution in [0.3, 0.4) is 0 Å². The molecule has 1 fully saturated rings. The van der Waals surface area contributed by atoms with Gasteiger partial charge in [-0.3, -0.25) is 4.79 Å². The van der Waals surface area contributed by atoms with Gasteiger partial charge in [0.05, 0.1) is 12.5 Å². The second-order valence-electron chi connectivity index (χ2n) is 4.36. The highest BCUT2D eigenvalue weighted by molar-refractivity contribution is 5.87. The van der Waals surface area contributed by atoms with Crippen LogP contribution in [0.15, 0.2) is 24.3 Å². The van der Waals surface area contributed by atoms with E-state index >= 15 is 0 Å². The fraction of sp³-hybridized carbons (Fsp3) is 0.385. The normalized spacial score (nSPS) is 23.4. The predicted molar refractivity (Wildman–Crippen MR) is 65.4 cm³/mol. The van der Waals surface area contributed by atoms with Crippen molar-refractivity contribution in [2.75, 3.05) is 11.4 Å². The summed E-state index contributed by atoms with van der Waals surface area (Å²) in [6.07, 6.45) is 0.0900. The maximum Gasteiger partial charge on any atom is 0.243 e. The average molecular weight is 247 g/mol. The minimum Gasteiger partial charge on any atom is -0.354 e. The van der Waals surface area contributed by atoms with Crippen molar-refractivity contribution < 1.29 is 9.18 Å². The first-order valence-corrected chi connectivity index (χ1v) is 5.82. The number of nitrogens with one attached hydrogen (secondary N) is 1. The van der Waals surface area contributed by atoms with Gasteiger partial charge in [-0.25, -0.2) is 4.39 Å². The van der Waals surface area contributed by atoms with Crippen molar-refractivity contribution in [3.63, 3.8) is 0 Å². The molecule has 0 saturated carbocycles. The Kier molecular flexibility index (Phi) is 3.47. The van der Waals surface area contributed by atoms with Gasteiger partial charge in [0.15, 0.2) is 0 Å². The molecule has 1 amide bonds. The van der Waals surface area contributed by atoms with E-state index in [0.29, 0.717) is 12.2 Å². The summed E-state index contributed by atoms with van der Waals surface area (Å²) >= 11 is 0. The summed E-state index contributed by atoms with van der Waals surface area (Å²) in [5.41, 5.74) is 0.637. The number of halogens is 1. The smallest absolute Gasteiger partial charge is 0.243 e. The van der Waals surface area contributed by atoms with Gasteiger partial charge in [-0.1, -0.05) is 6.07 Å². The van der Waals surface area contributed by atoms with E-state index in [1.807, 2.05) is 17.9 Å². The molecule has 1 aliphatic rings. The van der Waals surface area contributed by atoms with Crippen molar-refractivity contribution in [3.05, 3.63) is 30.1 Å². The zero-order valence-corrected chi connectivity index (χ0v) is 10.1. The topological polar surface area (TPSA) is 56.1 Å². The molecule has 4 nitrogen and oxygen atoms in total. The Balaban J connectivity index is 2.36. The van der Waals surface area contributed by atoms with E-state index in [2.05, 4.69) is 5.32 Å². The molecular weight excluding hydrogens is 233 g/mol. The highest BCUT2D eigenvalue weighted by Crippen LogP contribution is 2.24. The first-order chi connectivity index (χ1) is 8.63. The zero-order chi connectivity index (χ0) is 13.1. The molecule has 1 saturated heterocycles. The second-order valence-corrected chi connectivity index (χ2v) is 4.36. The number of amides is 1. The largest absolute Gasteiger partial charge is 0.354 e. The number of piperazine rings is 1. The third kappa shape index (κ3) is 2.28. The van der Waals surface area contributed by atoms with Gasteiger partial charge in [-0.2, -0.15) is 5.26 Å². The van der Waals surface area contributed by atoms with Crippen LogP contribution in [0.25, 0.3) is 0 Å². The van der Waals surface area contributed by atoms with E-state index in [4.69, 9.17) is 5.26 Å². The molecular formula is C13H14FN3O. The van der Waals surface area contributed by atoms with Crippen LogP contribution in [-0.4, -0.2) is 24.5 Å². The lowest BCUT2D eigenvalue weighted by Gasteiger charge is -2.40. The lowest BCUT2D eigenvalue weighted by atomic mass is 10.0. The summed E-state index contributed by atoms with van der Waals surface area (Å²) < 4.78 is 13.3. The van der Waals surface area contributed by atoms with Crippen molar-refractivity contribution in [3.8, 4) is 6.07 Å². The lowest BCUT2D eigenvalue weighted by Crippen LogP contribution is -2.59. The van der Waals surface area contributed by atoms with Crippen LogP contribution in [0, 0.1) is 17.1 Å². The number of nitrogens with zero attached hydrogens (tertiary/aromatic N) is 2. The monoisotopic (exact) mass is 247 g/mol. The van der Waals surface area contributed by atoms with Crippen molar-refractivity contribution in [1.29, 1.82) is 5.26 Å². The van der Waals surface area contributed by atoms with Crippen LogP contribution >= 0.6 is 0 Å². The number of carbonyl (C=O) groups is 1. The molecule has 1 N–H and O–H groups in total. The summed E-state index contributed by atoms with van der Waals surface area (Å²) in [6, 6.07) is 7.59. The molecule has 0 aliphatic carbocycles. The van der Waals surface area contributed by atoms with Gasteiger partial charge in [0.1, 0.15) is 11.9 Å². The van der Waals surface area contributed by atoms with E-state index in [0.717, 1.165) is 0 Å². The molecule has 2 unspecified atom stereocenters. The van der Waals surface area contributed by atoms with Gasteiger partial charge in [-0.15, -0.1) is 0 Å². The summed E-state index contributed by atoms with van der Waals surface area (Å²) in [4.78, 5) is 13.6. The molecule has 2 rings (SSSR count). The molecule has 1 aromatic rings. The van der Waals surface area contributed by atoms with Gasteiger partial charge >= 0.3 is 0 Å². The standard InChI is InChI=1S/C13H14FN3O/c1-9-8-16-13(18)12(5-6-15)17(9)11-4-2-3-10(14)7-11/h2-4,7,9,12H,5,8H2,1H3,(H,16,18). The number of benzene rings is 1. The summed E-state index contributed by atoms with van der Waals surface area (Å²) in [5, 5.41) is 11.6. The van der Waals surface area contributed by atoms with Crippen molar-refractivity contribution in [1.82, 2.24) is 5.32 Å². The highest BCUT2D eigenvalue weighted by atomic mass is 19.1. The van der Waals surface area contributed by atoms with Crippen LogP contribution in [0.4, 0.5) is 10.1 Å². The first-order valence-electron chi connectivity index (χ1n) is 5.82. The number of nitriles is 1. The number of hydrogen-bond acceptors (Lipinski definition) is 3. The Hall–Kier alpha value is -2.09. The summed E-state index contributed by atoms with van der Waals surface area (Å²) in [5.74, 6) is -0.527. The van der Waals surface area contributed by atoms with Gasteiger partial charge < -0.3 is 10.2 Å². The maximum absolute atomic E-state index is 13.3. The van der Waals surface area contributed by atoms with Crippen molar-refractivity contribution in [2.24, 2.45) is 0 Å². The van der Waals surface area contributed by atoms with Gasteiger partial charge in [0, 0.05) is 18.3 Å². The van der Waals surface area contributed by atoms with Crippen molar-refractivity contribution >= 4 is 11.6 Å². The number of rotatable bonds is 2. The van der Waals surface area contributed by atoms with Crippen LogP contribution in [0.1, 0.15) is 13.3 Å². The van der Waals surface area contributed by atoms with E-state index < -0.39 is 6.04 Å². The van der Waals surface area contributed by atoms with Gasteiger partial charge in [-0.05, 0) is 25.1 Å². The SMILES string of the molecule is CC1CNC(=O)C(CC#N)N1c1cccc(F)c1. The maximum atomic E-state index is 13.3. The molecule has 5 heteroatoms. The molecule has 1 aliphatic heterocycles. The molecule has 0 spiro atoms. The second kappa shape index (κ2) is 5.05. The fourth-order valence-electron chi connectivity index (χ4n) is 2.25.